The molecule has 1 aromatic heterocycles. The number of para-hydroxylation sites is 1. The number of fused-ring (bicyclic) bond motifs is 3. The van der Waals surface area contributed by atoms with Crippen molar-refractivity contribution in [2.75, 3.05) is 26.7 Å². The van der Waals surface area contributed by atoms with Crippen LogP contribution in [-0.2, 0) is 13.0 Å². The molecule has 2 aliphatic heterocycles. The van der Waals surface area contributed by atoms with Gasteiger partial charge in [-0.1, -0.05) is 24.3 Å². The summed E-state index contributed by atoms with van der Waals surface area (Å²) >= 11 is 0. The third kappa shape index (κ3) is 3.21. The lowest BCUT2D eigenvalue weighted by Gasteiger charge is -2.27. The Morgan fingerprint density at radius 1 is 1.07 bits per heavy atom. The van der Waals surface area contributed by atoms with Crippen LogP contribution < -0.4 is 15.0 Å². The van der Waals surface area contributed by atoms with Gasteiger partial charge in [-0.3, -0.25) is 0 Å². The number of quaternary nitrogens is 1. The van der Waals surface area contributed by atoms with Crippen molar-refractivity contribution >= 4 is 10.9 Å². The van der Waals surface area contributed by atoms with E-state index in [1.54, 1.807) is 12.0 Å². The zero-order valence-corrected chi connectivity index (χ0v) is 16.7. The van der Waals surface area contributed by atoms with Crippen LogP contribution in [0, 0.1) is 0 Å². The predicted molar refractivity (Wildman–Crippen MR) is 113 cm³/mol. The van der Waals surface area contributed by atoms with Gasteiger partial charge in [0.2, 0.25) is 0 Å². The van der Waals surface area contributed by atoms with Crippen molar-refractivity contribution in [3.8, 4) is 5.75 Å². The van der Waals surface area contributed by atoms with Crippen LogP contribution >= 0.6 is 0 Å². The molecule has 146 valence electrons. The van der Waals surface area contributed by atoms with Crippen molar-refractivity contribution in [3.05, 3.63) is 64.8 Å². The summed E-state index contributed by atoms with van der Waals surface area (Å²) in [4.78, 5) is 5.38. The second-order valence-electron chi connectivity index (χ2n) is 8.26. The lowest BCUT2D eigenvalue weighted by atomic mass is 9.93. The molecule has 0 radical (unpaired) electrons. The molecule has 0 bridgehead atoms. The summed E-state index contributed by atoms with van der Waals surface area (Å²) in [6.07, 6.45) is 5.16. The standard InChI is InChI=1S/C24H29N3O/c1-28-22-10-9-17(15-18(22)16-27-13-5-2-6-14-27)23-24-20(11-12-25-23)19-7-3-4-8-21(19)26-24/h3-4,7-10,15,23,25-26H,2,5-6,11-14,16H2,1H3/p+1/t23-/m1/s1. The van der Waals surface area contributed by atoms with Gasteiger partial charge >= 0.3 is 0 Å². The molecule has 1 fully saturated rings. The Morgan fingerprint density at radius 2 is 1.93 bits per heavy atom. The monoisotopic (exact) mass is 376 g/mol. The Labute approximate surface area is 166 Å². The highest BCUT2D eigenvalue weighted by Crippen LogP contribution is 2.34. The molecule has 2 aliphatic rings. The molecule has 5 rings (SSSR count). The number of ether oxygens (including phenoxy) is 1. The maximum absolute atomic E-state index is 5.71. The van der Waals surface area contributed by atoms with Crippen LogP contribution in [0.2, 0.25) is 0 Å². The Bertz CT molecular complexity index is 971. The molecule has 1 atom stereocenters. The molecular formula is C24H30N3O+. The smallest absolute Gasteiger partial charge is 0.127 e. The van der Waals surface area contributed by atoms with Crippen molar-refractivity contribution in [2.45, 2.75) is 38.3 Å². The van der Waals surface area contributed by atoms with Gasteiger partial charge in [0.05, 0.1) is 26.2 Å². The van der Waals surface area contributed by atoms with E-state index in [4.69, 9.17) is 4.74 Å². The van der Waals surface area contributed by atoms with Gasteiger partial charge in [-0.15, -0.1) is 0 Å². The first kappa shape index (κ1) is 17.8. The van der Waals surface area contributed by atoms with Crippen LogP contribution in [0.1, 0.15) is 47.7 Å². The van der Waals surface area contributed by atoms with Crippen molar-refractivity contribution < 1.29 is 9.64 Å². The number of methoxy groups -OCH3 is 1. The number of piperidine rings is 1. The molecule has 4 heteroatoms. The SMILES string of the molecule is COc1ccc([C@H]2NCCc3c2[nH]c2ccccc32)cc1C[NH+]1CCCCC1. The number of aromatic nitrogens is 1. The Balaban J connectivity index is 1.51. The summed E-state index contributed by atoms with van der Waals surface area (Å²) in [5.74, 6) is 1.02. The Kier molecular flexibility index (Phi) is 4.83. The van der Waals surface area contributed by atoms with Gasteiger partial charge in [-0.05, 0) is 55.0 Å². The summed E-state index contributed by atoms with van der Waals surface area (Å²) < 4.78 is 5.71. The first-order valence-corrected chi connectivity index (χ1v) is 10.7. The first-order chi connectivity index (χ1) is 13.8. The van der Waals surface area contributed by atoms with Crippen molar-refractivity contribution in [3.63, 3.8) is 0 Å². The quantitative estimate of drug-likeness (QED) is 0.655. The minimum Gasteiger partial charge on any atom is -0.496 e. The molecule has 1 saturated heterocycles. The number of hydrogen-bond acceptors (Lipinski definition) is 2. The third-order valence-corrected chi connectivity index (χ3v) is 6.50. The van der Waals surface area contributed by atoms with Gasteiger partial charge < -0.3 is 19.9 Å². The molecule has 0 amide bonds. The fourth-order valence-corrected chi connectivity index (χ4v) is 5.08. The number of hydrogen-bond donors (Lipinski definition) is 3. The highest BCUT2D eigenvalue weighted by atomic mass is 16.5. The molecule has 0 saturated carbocycles. The summed E-state index contributed by atoms with van der Waals surface area (Å²) in [6, 6.07) is 15.7. The van der Waals surface area contributed by atoms with E-state index >= 15 is 0 Å². The van der Waals surface area contributed by atoms with E-state index < -0.39 is 0 Å². The normalized spacial score (nSPS) is 20.2. The molecular weight excluding hydrogens is 346 g/mol. The summed E-state index contributed by atoms with van der Waals surface area (Å²) in [5.41, 5.74) is 6.71. The zero-order valence-electron chi connectivity index (χ0n) is 16.7. The predicted octanol–water partition coefficient (Wildman–Crippen LogP) is 2.98. The van der Waals surface area contributed by atoms with Gasteiger partial charge in [0.25, 0.3) is 0 Å². The number of nitrogens with one attached hydrogen (secondary N) is 3. The molecule has 3 heterocycles. The maximum Gasteiger partial charge on any atom is 0.127 e. The van der Waals surface area contributed by atoms with E-state index in [1.807, 2.05) is 0 Å². The van der Waals surface area contributed by atoms with Crippen LogP contribution in [0.5, 0.6) is 5.75 Å². The van der Waals surface area contributed by atoms with Crippen LogP contribution in [0.3, 0.4) is 0 Å². The molecule has 0 spiro atoms. The van der Waals surface area contributed by atoms with Gasteiger partial charge in [0.1, 0.15) is 12.3 Å². The van der Waals surface area contributed by atoms with Crippen molar-refractivity contribution in [1.82, 2.24) is 10.3 Å². The molecule has 28 heavy (non-hydrogen) atoms. The average Bonchev–Trinajstić information content (AvgIpc) is 3.13. The lowest BCUT2D eigenvalue weighted by Crippen LogP contribution is -3.11. The number of H-pyrrole nitrogens is 1. The molecule has 3 aromatic rings. The molecule has 2 aromatic carbocycles. The largest absolute Gasteiger partial charge is 0.496 e. The van der Waals surface area contributed by atoms with Gasteiger partial charge in [-0.25, -0.2) is 0 Å². The van der Waals surface area contributed by atoms with Crippen LogP contribution in [0.4, 0.5) is 0 Å². The average molecular weight is 377 g/mol. The summed E-state index contributed by atoms with van der Waals surface area (Å²) in [5, 5.41) is 5.11. The molecule has 4 nitrogen and oxygen atoms in total. The van der Waals surface area contributed by atoms with E-state index in [-0.39, 0.29) is 6.04 Å². The van der Waals surface area contributed by atoms with Crippen LogP contribution in [0.15, 0.2) is 42.5 Å². The van der Waals surface area contributed by atoms with Gasteiger partial charge in [-0.2, -0.15) is 0 Å². The Morgan fingerprint density at radius 3 is 2.79 bits per heavy atom. The van der Waals surface area contributed by atoms with E-state index in [1.165, 1.54) is 65.6 Å². The third-order valence-electron chi connectivity index (χ3n) is 6.50. The molecule has 0 unspecified atom stereocenters. The summed E-state index contributed by atoms with van der Waals surface area (Å²) in [7, 11) is 1.79. The fraction of sp³-hybridized carbons (Fsp3) is 0.417. The van der Waals surface area contributed by atoms with Gasteiger partial charge in [0, 0.05) is 28.7 Å². The first-order valence-electron chi connectivity index (χ1n) is 10.7. The van der Waals surface area contributed by atoms with Crippen molar-refractivity contribution in [1.29, 1.82) is 0 Å². The minimum absolute atomic E-state index is 0.220. The lowest BCUT2D eigenvalue weighted by molar-refractivity contribution is -0.918. The fourth-order valence-electron chi connectivity index (χ4n) is 5.08. The van der Waals surface area contributed by atoms with Crippen LogP contribution in [0.25, 0.3) is 10.9 Å². The highest BCUT2D eigenvalue weighted by Gasteiger charge is 2.26. The van der Waals surface area contributed by atoms with Crippen LogP contribution in [-0.4, -0.2) is 31.7 Å². The number of rotatable bonds is 4. The van der Waals surface area contributed by atoms with E-state index in [0.29, 0.717) is 0 Å². The second kappa shape index (κ2) is 7.61. The van der Waals surface area contributed by atoms with E-state index in [2.05, 4.69) is 52.8 Å². The summed E-state index contributed by atoms with van der Waals surface area (Å²) in [6.45, 7) is 4.63. The molecule has 3 N–H and O–H groups in total. The number of likely N-dealkylation sites (tertiary alicyclic amines) is 1. The number of aromatic amines is 1. The maximum atomic E-state index is 5.71. The Hall–Kier alpha value is -2.30. The minimum atomic E-state index is 0.220. The van der Waals surface area contributed by atoms with Gasteiger partial charge in [0.15, 0.2) is 0 Å². The number of benzene rings is 2. The van der Waals surface area contributed by atoms with E-state index in [0.717, 1.165) is 25.3 Å². The topological polar surface area (TPSA) is 41.5 Å². The highest BCUT2D eigenvalue weighted by molar-refractivity contribution is 5.85. The van der Waals surface area contributed by atoms with E-state index in [9.17, 15) is 0 Å². The van der Waals surface area contributed by atoms with Crippen molar-refractivity contribution in [2.24, 2.45) is 0 Å². The second-order valence-corrected chi connectivity index (χ2v) is 8.26. The zero-order chi connectivity index (χ0) is 18.9. The molecule has 0 aliphatic carbocycles.